The Morgan fingerprint density at radius 1 is 0.886 bits per heavy atom. The summed E-state index contributed by atoms with van der Waals surface area (Å²) in [6, 6.07) is 23.9. The summed E-state index contributed by atoms with van der Waals surface area (Å²) in [6.07, 6.45) is 1.11. The topological polar surface area (TPSA) is 56.8 Å². The predicted molar refractivity (Wildman–Crippen MR) is 141 cm³/mol. The van der Waals surface area contributed by atoms with Gasteiger partial charge in [-0.25, -0.2) is 0 Å². The maximum absolute atomic E-state index is 12.6. The highest BCUT2D eigenvalue weighted by Gasteiger charge is 2.51. The van der Waals surface area contributed by atoms with E-state index in [4.69, 9.17) is 14.0 Å². The molecule has 0 aliphatic carbocycles. The minimum absolute atomic E-state index is 0.0314. The number of aryl methyl sites for hydroxylation is 2. The molecule has 0 spiro atoms. The fraction of sp³-hybridized carbons (Fsp3) is 0.345. The normalized spacial score (nSPS) is 16.2. The summed E-state index contributed by atoms with van der Waals surface area (Å²) in [5.41, 5.74) is 4.16. The van der Waals surface area contributed by atoms with Crippen LogP contribution in [0.5, 0.6) is 5.75 Å². The number of benzene rings is 3. The van der Waals surface area contributed by atoms with Crippen LogP contribution in [-0.2, 0) is 27.1 Å². The van der Waals surface area contributed by atoms with Gasteiger partial charge in [-0.3, -0.25) is 4.79 Å². The highest BCUT2D eigenvalue weighted by atomic mass is 16.7. The first-order valence-corrected chi connectivity index (χ1v) is 12.1. The van der Waals surface area contributed by atoms with Crippen molar-refractivity contribution < 1.29 is 18.8 Å². The van der Waals surface area contributed by atoms with E-state index in [0.29, 0.717) is 30.9 Å². The van der Waals surface area contributed by atoms with Crippen molar-refractivity contribution in [1.29, 1.82) is 0 Å². The number of carbonyl (C=O) groups excluding carboxylic acids is 1. The lowest BCUT2D eigenvalue weighted by Crippen LogP contribution is -2.41. The highest BCUT2D eigenvalue weighted by molar-refractivity contribution is 6.62. The third-order valence-corrected chi connectivity index (χ3v) is 6.79. The summed E-state index contributed by atoms with van der Waals surface area (Å²) in [5.74, 6) is 0.620. The number of hydrogen-bond donors (Lipinski definition) is 1. The van der Waals surface area contributed by atoms with E-state index in [-0.39, 0.29) is 24.2 Å². The van der Waals surface area contributed by atoms with Crippen molar-refractivity contribution >= 4 is 24.2 Å². The summed E-state index contributed by atoms with van der Waals surface area (Å²) in [4.78, 5) is 12.6. The first-order valence-electron chi connectivity index (χ1n) is 12.1. The maximum Gasteiger partial charge on any atom is 0.494 e. The number of nitrogens with one attached hydrogen (secondary N) is 1. The molecule has 0 unspecified atom stereocenters. The zero-order valence-corrected chi connectivity index (χ0v) is 21.3. The van der Waals surface area contributed by atoms with Gasteiger partial charge in [0.05, 0.1) is 16.9 Å². The van der Waals surface area contributed by atoms with Crippen LogP contribution in [0, 0.1) is 6.92 Å². The van der Waals surface area contributed by atoms with Crippen molar-refractivity contribution in [1.82, 2.24) is 0 Å². The van der Waals surface area contributed by atoms with Crippen molar-refractivity contribution in [3.63, 3.8) is 0 Å². The zero-order chi connectivity index (χ0) is 25.1. The lowest BCUT2D eigenvalue weighted by molar-refractivity contribution is -0.116. The number of ether oxygens (including phenoxy) is 1. The molecule has 1 amide bonds. The number of anilines is 1. The minimum atomic E-state index is -0.384. The molecule has 0 radical (unpaired) electrons. The van der Waals surface area contributed by atoms with E-state index in [0.717, 1.165) is 22.2 Å². The lowest BCUT2D eigenvalue weighted by atomic mass is 9.79. The quantitative estimate of drug-likeness (QED) is 0.445. The molecular weight excluding hydrogens is 437 g/mol. The van der Waals surface area contributed by atoms with Crippen LogP contribution in [0.4, 0.5) is 5.69 Å². The zero-order valence-electron chi connectivity index (χ0n) is 21.3. The average molecular weight is 471 g/mol. The summed E-state index contributed by atoms with van der Waals surface area (Å²) in [7, 11) is -0.384. The molecule has 1 heterocycles. The third-order valence-electron chi connectivity index (χ3n) is 6.79. The van der Waals surface area contributed by atoms with Crippen LogP contribution in [0.2, 0.25) is 0 Å². The second-order valence-corrected chi connectivity index (χ2v) is 10.2. The molecule has 6 heteroatoms. The molecule has 1 saturated heterocycles. The Bertz CT molecular complexity index is 1140. The highest BCUT2D eigenvalue weighted by Crippen LogP contribution is 2.36. The minimum Gasteiger partial charge on any atom is -0.487 e. The molecule has 1 aliphatic rings. The van der Waals surface area contributed by atoms with Gasteiger partial charge in [0.15, 0.2) is 0 Å². The molecule has 1 aliphatic heterocycles. The van der Waals surface area contributed by atoms with Gasteiger partial charge in [-0.1, -0.05) is 60.7 Å². The van der Waals surface area contributed by atoms with Gasteiger partial charge in [0.1, 0.15) is 12.4 Å². The van der Waals surface area contributed by atoms with Crippen LogP contribution in [0.3, 0.4) is 0 Å². The summed E-state index contributed by atoms with van der Waals surface area (Å²) < 4.78 is 18.4. The second-order valence-electron chi connectivity index (χ2n) is 10.2. The van der Waals surface area contributed by atoms with E-state index in [1.54, 1.807) is 0 Å². The number of hydrogen-bond acceptors (Lipinski definition) is 4. The molecule has 0 atom stereocenters. The van der Waals surface area contributed by atoms with E-state index in [1.807, 2.05) is 79.7 Å². The van der Waals surface area contributed by atoms with Gasteiger partial charge in [0.2, 0.25) is 5.91 Å². The monoisotopic (exact) mass is 471 g/mol. The molecule has 1 N–H and O–H groups in total. The molecule has 4 rings (SSSR count). The molecule has 3 aromatic carbocycles. The number of rotatable bonds is 8. The molecule has 1 fully saturated rings. The number of amides is 1. The van der Waals surface area contributed by atoms with Crippen molar-refractivity contribution in [2.45, 2.75) is 65.3 Å². The van der Waals surface area contributed by atoms with Gasteiger partial charge < -0.3 is 19.4 Å². The Balaban J connectivity index is 1.36. The molecule has 182 valence electrons. The maximum atomic E-state index is 12.6. The Labute approximate surface area is 208 Å². The smallest absolute Gasteiger partial charge is 0.487 e. The van der Waals surface area contributed by atoms with Gasteiger partial charge in [-0.05, 0) is 75.3 Å². The average Bonchev–Trinajstić information content (AvgIpc) is 3.05. The first-order chi connectivity index (χ1) is 16.6. The first kappa shape index (κ1) is 25.0. The standard InChI is InChI=1S/C29H34BNO4/c1-21-11-17-26(25(19-21)31-27(32)18-14-22-9-7-6-8-10-22)33-20-23-12-15-24(16-13-23)30-34-28(2,3)29(4,5)35-30/h6-13,15-17,19H,14,18,20H2,1-5H3,(H,31,32). The van der Waals surface area contributed by atoms with E-state index in [2.05, 4.69) is 33.0 Å². The van der Waals surface area contributed by atoms with Gasteiger partial charge >= 0.3 is 7.12 Å². The van der Waals surface area contributed by atoms with Crippen molar-refractivity contribution in [2.75, 3.05) is 5.32 Å². The predicted octanol–water partition coefficient (Wildman–Crippen LogP) is 5.44. The molecular formula is C29H34BNO4. The van der Waals surface area contributed by atoms with Crippen LogP contribution in [0.15, 0.2) is 72.8 Å². The van der Waals surface area contributed by atoms with Crippen molar-refractivity contribution in [2.24, 2.45) is 0 Å². The Kier molecular flexibility index (Phi) is 7.34. The van der Waals surface area contributed by atoms with Crippen LogP contribution in [0.1, 0.15) is 50.8 Å². The van der Waals surface area contributed by atoms with Crippen LogP contribution in [0.25, 0.3) is 0 Å². The molecule has 0 saturated carbocycles. The van der Waals surface area contributed by atoms with Gasteiger partial charge in [-0.15, -0.1) is 0 Å². The Hall–Kier alpha value is -3.09. The molecule has 0 aromatic heterocycles. The van der Waals surface area contributed by atoms with Gasteiger partial charge in [0, 0.05) is 6.42 Å². The van der Waals surface area contributed by atoms with E-state index in [1.165, 1.54) is 0 Å². The second kappa shape index (κ2) is 10.3. The van der Waals surface area contributed by atoms with Gasteiger partial charge in [0.25, 0.3) is 0 Å². The number of carbonyl (C=O) groups is 1. The summed E-state index contributed by atoms with van der Waals surface area (Å²) in [5, 5.41) is 3.02. The summed E-state index contributed by atoms with van der Waals surface area (Å²) >= 11 is 0. The fourth-order valence-corrected chi connectivity index (χ4v) is 3.89. The molecule has 5 nitrogen and oxygen atoms in total. The Morgan fingerprint density at radius 2 is 1.54 bits per heavy atom. The van der Waals surface area contributed by atoms with Crippen LogP contribution in [-0.4, -0.2) is 24.2 Å². The van der Waals surface area contributed by atoms with E-state index < -0.39 is 0 Å². The van der Waals surface area contributed by atoms with Crippen molar-refractivity contribution in [3.8, 4) is 5.75 Å². The fourth-order valence-electron chi connectivity index (χ4n) is 3.89. The molecule has 35 heavy (non-hydrogen) atoms. The van der Waals surface area contributed by atoms with Crippen LogP contribution >= 0.6 is 0 Å². The summed E-state index contributed by atoms with van der Waals surface area (Å²) in [6.45, 7) is 10.6. The molecule has 0 bridgehead atoms. The SMILES string of the molecule is Cc1ccc(OCc2ccc(B3OC(C)(C)C(C)(C)O3)cc2)c(NC(=O)CCc2ccccc2)c1. The van der Waals surface area contributed by atoms with Gasteiger partial charge in [-0.2, -0.15) is 0 Å². The molecule has 3 aromatic rings. The van der Waals surface area contributed by atoms with Crippen LogP contribution < -0.4 is 15.5 Å². The third kappa shape index (κ3) is 6.13. The largest absolute Gasteiger partial charge is 0.494 e. The Morgan fingerprint density at radius 3 is 2.20 bits per heavy atom. The van der Waals surface area contributed by atoms with Crippen molar-refractivity contribution in [3.05, 3.63) is 89.5 Å². The van der Waals surface area contributed by atoms with E-state index in [9.17, 15) is 4.79 Å². The lowest BCUT2D eigenvalue weighted by Gasteiger charge is -2.32. The van der Waals surface area contributed by atoms with E-state index >= 15 is 0 Å².